The van der Waals surface area contributed by atoms with Crippen LogP contribution in [0.25, 0.3) is 0 Å². The van der Waals surface area contributed by atoms with E-state index < -0.39 is 10.0 Å². The fourth-order valence-electron chi connectivity index (χ4n) is 2.49. The topological polar surface area (TPSA) is 49.4 Å². The van der Waals surface area contributed by atoms with Gasteiger partial charge in [0.05, 0.1) is 4.90 Å². The predicted molar refractivity (Wildman–Crippen MR) is 98.0 cm³/mol. The van der Waals surface area contributed by atoms with E-state index in [-0.39, 0.29) is 4.90 Å². The summed E-state index contributed by atoms with van der Waals surface area (Å²) in [6.45, 7) is 4.01. The summed E-state index contributed by atoms with van der Waals surface area (Å²) in [6.07, 6.45) is 0. The van der Waals surface area contributed by atoms with Gasteiger partial charge in [-0.3, -0.25) is 4.72 Å². The molecule has 6 heteroatoms. The van der Waals surface area contributed by atoms with Gasteiger partial charge in [0.2, 0.25) is 0 Å². The van der Waals surface area contributed by atoms with E-state index in [2.05, 4.69) is 9.62 Å². The van der Waals surface area contributed by atoms with Crippen molar-refractivity contribution in [1.82, 2.24) is 0 Å². The fraction of sp³-hybridized carbons (Fsp3) is 0.294. The van der Waals surface area contributed by atoms with E-state index in [1.165, 1.54) is 0 Å². The second kappa shape index (κ2) is 6.84. The van der Waals surface area contributed by atoms with E-state index in [9.17, 15) is 8.42 Å². The van der Waals surface area contributed by atoms with Gasteiger partial charge < -0.3 is 4.90 Å². The van der Waals surface area contributed by atoms with Gasteiger partial charge in [0.25, 0.3) is 10.0 Å². The molecule has 4 nitrogen and oxygen atoms in total. The van der Waals surface area contributed by atoms with Crippen LogP contribution in [0.2, 0.25) is 0 Å². The standard InChI is InChI=1S/C17H20N2O2S2/c1-14-2-8-17(9-3-14)23(20,21)18-15-4-6-16(7-5-15)19-10-12-22-13-11-19/h2-9,18H,10-13H2,1H3. The molecule has 0 bridgehead atoms. The Morgan fingerprint density at radius 3 is 2.17 bits per heavy atom. The third kappa shape index (κ3) is 4.00. The minimum atomic E-state index is -3.53. The van der Waals surface area contributed by atoms with Gasteiger partial charge >= 0.3 is 0 Å². The molecule has 0 amide bonds. The molecule has 23 heavy (non-hydrogen) atoms. The number of benzene rings is 2. The average molecular weight is 348 g/mol. The Balaban J connectivity index is 1.73. The molecule has 0 aliphatic carbocycles. The summed E-state index contributed by atoms with van der Waals surface area (Å²) in [7, 11) is -3.53. The SMILES string of the molecule is Cc1ccc(S(=O)(=O)Nc2ccc(N3CCSCC3)cc2)cc1. The zero-order valence-electron chi connectivity index (χ0n) is 13.0. The van der Waals surface area contributed by atoms with E-state index >= 15 is 0 Å². The van der Waals surface area contributed by atoms with Crippen molar-refractivity contribution < 1.29 is 8.42 Å². The molecule has 1 N–H and O–H groups in total. The van der Waals surface area contributed by atoms with E-state index in [4.69, 9.17) is 0 Å². The smallest absolute Gasteiger partial charge is 0.261 e. The molecule has 1 heterocycles. The maximum Gasteiger partial charge on any atom is 0.261 e. The van der Waals surface area contributed by atoms with E-state index in [0.29, 0.717) is 5.69 Å². The highest BCUT2D eigenvalue weighted by molar-refractivity contribution is 7.99. The second-order valence-electron chi connectivity index (χ2n) is 5.56. The first-order valence-electron chi connectivity index (χ1n) is 7.57. The van der Waals surface area contributed by atoms with Crippen molar-refractivity contribution in [2.24, 2.45) is 0 Å². The summed E-state index contributed by atoms with van der Waals surface area (Å²) in [4.78, 5) is 2.61. The van der Waals surface area contributed by atoms with Gasteiger partial charge in [-0.25, -0.2) is 8.42 Å². The summed E-state index contributed by atoms with van der Waals surface area (Å²) in [5, 5.41) is 0. The molecule has 1 aliphatic heterocycles. The first-order chi connectivity index (χ1) is 11.0. The molecule has 0 atom stereocenters. The van der Waals surface area contributed by atoms with Crippen LogP contribution in [0.3, 0.4) is 0 Å². The minimum absolute atomic E-state index is 0.278. The number of nitrogens with zero attached hydrogens (tertiary/aromatic N) is 1. The first kappa shape index (κ1) is 16.2. The number of sulfonamides is 1. The quantitative estimate of drug-likeness (QED) is 0.920. The largest absolute Gasteiger partial charge is 0.370 e. The predicted octanol–water partition coefficient (Wildman–Crippen LogP) is 3.35. The highest BCUT2D eigenvalue weighted by Crippen LogP contribution is 2.23. The Morgan fingerprint density at radius 1 is 0.957 bits per heavy atom. The summed E-state index contributed by atoms with van der Waals surface area (Å²) in [5.74, 6) is 2.28. The molecule has 0 aromatic heterocycles. The Morgan fingerprint density at radius 2 is 1.57 bits per heavy atom. The molecule has 1 fully saturated rings. The fourth-order valence-corrected chi connectivity index (χ4v) is 4.46. The van der Waals surface area contributed by atoms with Crippen LogP contribution in [0.4, 0.5) is 11.4 Å². The van der Waals surface area contributed by atoms with E-state index in [1.807, 2.05) is 43.0 Å². The zero-order valence-corrected chi connectivity index (χ0v) is 14.7. The Labute approximate surface area is 142 Å². The molecule has 0 unspecified atom stereocenters. The van der Waals surface area contributed by atoms with Gasteiger partial charge in [0.1, 0.15) is 0 Å². The van der Waals surface area contributed by atoms with Crippen molar-refractivity contribution in [2.45, 2.75) is 11.8 Å². The minimum Gasteiger partial charge on any atom is -0.370 e. The summed E-state index contributed by atoms with van der Waals surface area (Å²) in [6, 6.07) is 14.4. The normalized spacial score (nSPS) is 15.4. The van der Waals surface area contributed by atoms with E-state index in [1.54, 1.807) is 24.3 Å². The Hall–Kier alpha value is -1.66. The van der Waals surface area contributed by atoms with Crippen LogP contribution in [0.5, 0.6) is 0 Å². The van der Waals surface area contributed by atoms with Crippen LogP contribution in [-0.4, -0.2) is 33.0 Å². The molecule has 1 aliphatic rings. The molecule has 0 saturated carbocycles. The Kier molecular flexibility index (Phi) is 4.82. The number of anilines is 2. The maximum absolute atomic E-state index is 12.4. The summed E-state index contributed by atoms with van der Waals surface area (Å²) >= 11 is 1.97. The molecular weight excluding hydrogens is 328 g/mol. The monoisotopic (exact) mass is 348 g/mol. The lowest BCUT2D eigenvalue weighted by Gasteiger charge is -2.28. The van der Waals surface area contributed by atoms with Gasteiger partial charge in [-0.15, -0.1) is 0 Å². The molecular formula is C17H20N2O2S2. The van der Waals surface area contributed by atoms with Crippen molar-refractivity contribution in [3.8, 4) is 0 Å². The highest BCUT2D eigenvalue weighted by Gasteiger charge is 2.15. The lowest BCUT2D eigenvalue weighted by Crippen LogP contribution is -2.32. The molecule has 3 rings (SSSR count). The van der Waals surface area contributed by atoms with Crippen LogP contribution in [0.1, 0.15) is 5.56 Å². The van der Waals surface area contributed by atoms with Gasteiger partial charge in [-0.1, -0.05) is 17.7 Å². The summed E-state index contributed by atoms with van der Waals surface area (Å²) < 4.78 is 27.4. The van der Waals surface area contributed by atoms with Crippen LogP contribution in [-0.2, 0) is 10.0 Å². The van der Waals surface area contributed by atoms with Gasteiger partial charge in [-0.2, -0.15) is 11.8 Å². The van der Waals surface area contributed by atoms with Crippen LogP contribution < -0.4 is 9.62 Å². The van der Waals surface area contributed by atoms with Crippen molar-refractivity contribution in [3.05, 3.63) is 54.1 Å². The third-order valence-corrected chi connectivity index (χ3v) is 6.17. The van der Waals surface area contributed by atoms with Gasteiger partial charge in [-0.05, 0) is 43.3 Å². The number of nitrogens with one attached hydrogen (secondary N) is 1. The number of aryl methyl sites for hydroxylation is 1. The van der Waals surface area contributed by atoms with Crippen molar-refractivity contribution in [3.63, 3.8) is 0 Å². The number of hydrogen-bond acceptors (Lipinski definition) is 4. The number of hydrogen-bond donors (Lipinski definition) is 1. The zero-order chi connectivity index (χ0) is 16.3. The van der Waals surface area contributed by atoms with Gasteiger partial charge in [0, 0.05) is 36.0 Å². The van der Waals surface area contributed by atoms with Crippen LogP contribution >= 0.6 is 11.8 Å². The molecule has 1 saturated heterocycles. The van der Waals surface area contributed by atoms with Crippen molar-refractivity contribution in [1.29, 1.82) is 0 Å². The van der Waals surface area contributed by atoms with Gasteiger partial charge in [0.15, 0.2) is 0 Å². The number of thioether (sulfide) groups is 1. The van der Waals surface area contributed by atoms with E-state index in [0.717, 1.165) is 35.8 Å². The van der Waals surface area contributed by atoms with Crippen LogP contribution in [0.15, 0.2) is 53.4 Å². The molecule has 122 valence electrons. The molecule has 0 spiro atoms. The molecule has 0 radical (unpaired) electrons. The van der Waals surface area contributed by atoms with Crippen molar-refractivity contribution >= 4 is 33.2 Å². The lowest BCUT2D eigenvalue weighted by molar-refractivity contribution is 0.601. The van der Waals surface area contributed by atoms with Crippen molar-refractivity contribution in [2.75, 3.05) is 34.2 Å². The Bertz CT molecular complexity index is 750. The first-order valence-corrected chi connectivity index (χ1v) is 10.2. The summed E-state index contributed by atoms with van der Waals surface area (Å²) in [5.41, 5.74) is 2.76. The molecule has 2 aromatic rings. The highest BCUT2D eigenvalue weighted by atomic mass is 32.2. The molecule has 2 aromatic carbocycles. The average Bonchev–Trinajstić information content (AvgIpc) is 2.56. The van der Waals surface area contributed by atoms with Crippen LogP contribution in [0, 0.1) is 6.92 Å². The second-order valence-corrected chi connectivity index (χ2v) is 8.47. The third-order valence-electron chi connectivity index (χ3n) is 3.83. The number of rotatable bonds is 4. The maximum atomic E-state index is 12.4. The lowest BCUT2D eigenvalue weighted by atomic mass is 10.2.